The molecule has 1 aromatic carbocycles. The molecule has 1 spiro atoms. The average Bonchev–Trinajstić information content (AvgIpc) is 3.02. The summed E-state index contributed by atoms with van der Waals surface area (Å²) in [6.45, 7) is 3.54. The molecule has 2 fully saturated rings. The van der Waals surface area contributed by atoms with Crippen LogP contribution in [0, 0.1) is 0 Å². The summed E-state index contributed by atoms with van der Waals surface area (Å²) < 4.78 is 22.6. The summed E-state index contributed by atoms with van der Waals surface area (Å²) in [5, 5.41) is 0. The van der Waals surface area contributed by atoms with Gasteiger partial charge in [0.25, 0.3) is 5.91 Å². The number of benzene rings is 1. The number of hydrogen-bond donors (Lipinski definition) is 0. The van der Waals surface area contributed by atoms with Gasteiger partial charge >= 0.3 is 0 Å². The van der Waals surface area contributed by atoms with Crippen molar-refractivity contribution in [2.45, 2.75) is 18.6 Å². The minimum absolute atomic E-state index is 0.0183. The molecule has 0 aliphatic carbocycles. The molecule has 0 radical (unpaired) electrons. The number of ether oxygens (including phenoxy) is 4. The lowest BCUT2D eigenvalue weighted by Crippen LogP contribution is -2.47. The Morgan fingerprint density at radius 3 is 2.50 bits per heavy atom. The van der Waals surface area contributed by atoms with Gasteiger partial charge in [0.05, 0.1) is 18.8 Å². The van der Waals surface area contributed by atoms with Crippen LogP contribution in [0.1, 0.15) is 23.2 Å². The molecule has 0 atom stereocenters. The van der Waals surface area contributed by atoms with E-state index in [4.69, 9.17) is 18.9 Å². The van der Waals surface area contributed by atoms with Crippen molar-refractivity contribution in [1.82, 2.24) is 4.90 Å². The first-order valence-corrected chi connectivity index (χ1v) is 7.73. The monoisotopic (exact) mass is 305 g/mol. The Bertz CT molecular complexity index is 572. The van der Waals surface area contributed by atoms with Crippen molar-refractivity contribution in [3.05, 3.63) is 23.8 Å². The van der Waals surface area contributed by atoms with Crippen LogP contribution in [0.3, 0.4) is 0 Å². The predicted octanol–water partition coefficient (Wildman–Crippen LogP) is 1.44. The summed E-state index contributed by atoms with van der Waals surface area (Å²) in [6, 6.07) is 5.45. The molecule has 1 aromatic rings. The molecule has 6 nitrogen and oxygen atoms in total. The quantitative estimate of drug-likeness (QED) is 0.786. The van der Waals surface area contributed by atoms with Crippen LogP contribution in [0.5, 0.6) is 11.5 Å². The summed E-state index contributed by atoms with van der Waals surface area (Å²) in [4.78, 5) is 14.6. The standard InChI is InChI=1S/C16H19NO5/c18-15(12-2-1-3-13-14(12)20-9-8-19-13)17-6-4-16(5-7-17)21-10-11-22-16/h1-3H,4-11H2. The molecule has 0 aromatic heterocycles. The number of likely N-dealkylation sites (tertiary alicyclic amines) is 1. The highest BCUT2D eigenvalue weighted by Crippen LogP contribution is 2.36. The number of nitrogens with zero attached hydrogens (tertiary/aromatic N) is 1. The first-order chi connectivity index (χ1) is 10.8. The molecule has 22 heavy (non-hydrogen) atoms. The van der Waals surface area contributed by atoms with Gasteiger partial charge in [-0.1, -0.05) is 6.07 Å². The second kappa shape index (κ2) is 5.44. The van der Waals surface area contributed by atoms with Crippen LogP contribution in [0.15, 0.2) is 18.2 Å². The topological polar surface area (TPSA) is 57.2 Å². The highest BCUT2D eigenvalue weighted by Gasteiger charge is 2.41. The molecule has 3 aliphatic heterocycles. The van der Waals surface area contributed by atoms with Crippen LogP contribution in [0.4, 0.5) is 0 Å². The number of para-hydroxylation sites is 1. The third-order valence-electron chi connectivity index (χ3n) is 4.42. The van der Waals surface area contributed by atoms with E-state index < -0.39 is 5.79 Å². The van der Waals surface area contributed by atoms with Crippen molar-refractivity contribution in [2.75, 3.05) is 39.5 Å². The largest absolute Gasteiger partial charge is 0.486 e. The lowest BCUT2D eigenvalue weighted by molar-refractivity contribution is -0.181. The van der Waals surface area contributed by atoms with Crippen molar-refractivity contribution >= 4 is 5.91 Å². The van der Waals surface area contributed by atoms with E-state index in [9.17, 15) is 4.79 Å². The summed E-state index contributed by atoms with van der Waals surface area (Å²) in [7, 11) is 0. The van der Waals surface area contributed by atoms with Crippen LogP contribution in [0.2, 0.25) is 0 Å². The van der Waals surface area contributed by atoms with Crippen LogP contribution < -0.4 is 9.47 Å². The van der Waals surface area contributed by atoms with Gasteiger partial charge in [-0.25, -0.2) is 0 Å². The molecular weight excluding hydrogens is 286 g/mol. The van der Waals surface area contributed by atoms with E-state index in [1.807, 2.05) is 17.0 Å². The second-order valence-electron chi connectivity index (χ2n) is 5.73. The van der Waals surface area contributed by atoms with E-state index in [1.165, 1.54) is 0 Å². The Labute approximate surface area is 128 Å². The molecule has 1 amide bonds. The molecule has 118 valence electrons. The smallest absolute Gasteiger partial charge is 0.257 e. The molecule has 0 saturated carbocycles. The van der Waals surface area contributed by atoms with Gasteiger partial charge in [0, 0.05) is 25.9 Å². The van der Waals surface area contributed by atoms with Crippen LogP contribution in [-0.2, 0) is 9.47 Å². The first-order valence-electron chi connectivity index (χ1n) is 7.73. The van der Waals surface area contributed by atoms with Gasteiger partial charge in [-0.2, -0.15) is 0 Å². The van der Waals surface area contributed by atoms with Gasteiger partial charge in [0.15, 0.2) is 17.3 Å². The van der Waals surface area contributed by atoms with Crippen molar-refractivity contribution < 1.29 is 23.7 Å². The van der Waals surface area contributed by atoms with E-state index in [0.717, 1.165) is 0 Å². The highest BCUT2D eigenvalue weighted by atomic mass is 16.7. The maximum Gasteiger partial charge on any atom is 0.257 e. The van der Waals surface area contributed by atoms with E-state index >= 15 is 0 Å². The lowest BCUT2D eigenvalue weighted by Gasteiger charge is -2.37. The molecular formula is C16H19NO5. The van der Waals surface area contributed by atoms with E-state index in [-0.39, 0.29) is 5.91 Å². The number of carbonyl (C=O) groups is 1. The third-order valence-corrected chi connectivity index (χ3v) is 4.42. The Hall–Kier alpha value is -1.79. The third kappa shape index (κ3) is 2.32. The minimum Gasteiger partial charge on any atom is -0.486 e. The van der Waals surface area contributed by atoms with Crippen LogP contribution >= 0.6 is 0 Å². The van der Waals surface area contributed by atoms with Gasteiger partial charge in [-0.15, -0.1) is 0 Å². The second-order valence-corrected chi connectivity index (χ2v) is 5.73. The average molecular weight is 305 g/mol. The highest BCUT2D eigenvalue weighted by molar-refractivity contribution is 5.98. The Morgan fingerprint density at radius 1 is 1.00 bits per heavy atom. The first kappa shape index (κ1) is 13.8. The molecule has 3 heterocycles. The SMILES string of the molecule is O=C(c1cccc2c1OCCO2)N1CCC2(CC1)OCCO2. The summed E-state index contributed by atoms with van der Waals surface area (Å²) >= 11 is 0. The van der Waals surface area contributed by atoms with Crippen molar-refractivity contribution in [2.24, 2.45) is 0 Å². The van der Waals surface area contributed by atoms with Crippen LogP contribution in [-0.4, -0.2) is 56.1 Å². The number of piperidine rings is 1. The fourth-order valence-corrected chi connectivity index (χ4v) is 3.25. The number of fused-ring (bicyclic) bond motifs is 1. The minimum atomic E-state index is -0.466. The molecule has 4 rings (SSSR count). The molecule has 0 N–H and O–H groups in total. The number of carbonyl (C=O) groups excluding carboxylic acids is 1. The maximum atomic E-state index is 12.8. The van der Waals surface area contributed by atoms with E-state index in [1.54, 1.807) is 6.07 Å². The zero-order valence-electron chi connectivity index (χ0n) is 12.4. The summed E-state index contributed by atoms with van der Waals surface area (Å²) in [5.74, 6) is 0.725. The van der Waals surface area contributed by atoms with Crippen molar-refractivity contribution in [3.8, 4) is 11.5 Å². The van der Waals surface area contributed by atoms with Gasteiger partial charge in [0.1, 0.15) is 13.2 Å². The van der Waals surface area contributed by atoms with Gasteiger partial charge < -0.3 is 23.8 Å². The Morgan fingerprint density at radius 2 is 1.73 bits per heavy atom. The molecule has 3 aliphatic rings. The van der Waals surface area contributed by atoms with Crippen molar-refractivity contribution in [1.29, 1.82) is 0 Å². The Balaban J connectivity index is 1.51. The zero-order valence-corrected chi connectivity index (χ0v) is 12.4. The van der Waals surface area contributed by atoms with Gasteiger partial charge in [-0.3, -0.25) is 4.79 Å². The fourth-order valence-electron chi connectivity index (χ4n) is 3.25. The number of hydrogen-bond acceptors (Lipinski definition) is 5. The van der Waals surface area contributed by atoms with Crippen LogP contribution in [0.25, 0.3) is 0 Å². The van der Waals surface area contributed by atoms with Gasteiger partial charge in [0.2, 0.25) is 0 Å². The lowest BCUT2D eigenvalue weighted by atomic mass is 10.0. The predicted molar refractivity (Wildman–Crippen MR) is 77.2 cm³/mol. The maximum absolute atomic E-state index is 12.8. The van der Waals surface area contributed by atoms with Gasteiger partial charge in [-0.05, 0) is 12.1 Å². The van der Waals surface area contributed by atoms with Crippen molar-refractivity contribution in [3.63, 3.8) is 0 Å². The molecule has 0 unspecified atom stereocenters. The Kier molecular flexibility index (Phi) is 3.43. The molecule has 6 heteroatoms. The number of rotatable bonds is 1. The summed E-state index contributed by atoms with van der Waals surface area (Å²) in [6.07, 6.45) is 1.43. The normalized spacial score (nSPS) is 22.8. The fraction of sp³-hybridized carbons (Fsp3) is 0.562. The number of amides is 1. The molecule has 0 bridgehead atoms. The molecule has 2 saturated heterocycles. The van der Waals surface area contributed by atoms with E-state index in [2.05, 4.69) is 0 Å². The summed E-state index contributed by atoms with van der Waals surface area (Å²) in [5.41, 5.74) is 0.571. The van der Waals surface area contributed by atoms with E-state index in [0.29, 0.717) is 69.4 Å². The zero-order chi connectivity index (χ0) is 15.0.